The molecule has 3 heterocycles. The van der Waals surface area contributed by atoms with E-state index in [1.54, 1.807) is 18.3 Å². The number of benzene rings is 1. The predicted octanol–water partition coefficient (Wildman–Crippen LogP) is 5.55. The number of nitrogens with zero attached hydrogens (tertiary/aromatic N) is 3. The number of aromatic nitrogens is 1. The van der Waals surface area contributed by atoms with Crippen molar-refractivity contribution in [2.45, 2.75) is 44.4 Å². The number of carbonyl (C=O) groups is 1. The molecule has 5 rings (SSSR count). The molecule has 2 aliphatic heterocycles. The third-order valence-corrected chi connectivity index (χ3v) is 7.82. The van der Waals surface area contributed by atoms with Gasteiger partial charge in [-0.25, -0.2) is 13.8 Å². The summed E-state index contributed by atoms with van der Waals surface area (Å²) >= 11 is 2.29. The van der Waals surface area contributed by atoms with E-state index in [1.807, 2.05) is 17.0 Å². The Morgan fingerprint density at radius 2 is 1.62 bits per heavy atom. The zero-order chi connectivity index (χ0) is 22.3. The van der Waals surface area contributed by atoms with Crippen LogP contribution in [-0.2, 0) is 0 Å². The maximum atomic E-state index is 13.5. The molecule has 1 saturated carbocycles. The number of rotatable bonds is 4. The third-order valence-electron chi connectivity index (χ3n) is 7.15. The van der Waals surface area contributed by atoms with Crippen molar-refractivity contribution in [1.82, 2.24) is 4.98 Å². The summed E-state index contributed by atoms with van der Waals surface area (Å²) in [5, 5.41) is 3.00. The van der Waals surface area contributed by atoms with Crippen LogP contribution in [0.3, 0.4) is 0 Å². The summed E-state index contributed by atoms with van der Waals surface area (Å²) in [6, 6.07) is 9.45. The highest BCUT2D eigenvalue weighted by molar-refractivity contribution is 14.1. The molecule has 3 fully saturated rings. The molecule has 0 atom stereocenters. The van der Waals surface area contributed by atoms with Crippen LogP contribution < -0.4 is 15.1 Å². The normalized spacial score (nSPS) is 21.5. The average molecular weight is 552 g/mol. The molecule has 0 bridgehead atoms. The van der Waals surface area contributed by atoms with Crippen LogP contribution in [0.1, 0.15) is 48.9 Å². The van der Waals surface area contributed by atoms with E-state index in [2.05, 4.69) is 43.9 Å². The molecule has 0 radical (unpaired) electrons. The number of alkyl halides is 2. The minimum absolute atomic E-state index is 0.162. The van der Waals surface area contributed by atoms with Crippen LogP contribution in [0.2, 0.25) is 0 Å². The molecule has 1 spiro atoms. The summed E-state index contributed by atoms with van der Waals surface area (Å²) < 4.78 is 28.1. The van der Waals surface area contributed by atoms with Crippen LogP contribution in [0.5, 0.6) is 0 Å². The molecule has 170 valence electrons. The quantitative estimate of drug-likeness (QED) is 0.506. The number of carbonyl (C=O) groups excluding carboxylic acids is 1. The maximum Gasteiger partial charge on any atom is 0.257 e. The molecule has 1 N–H and O–H groups in total. The number of halogens is 3. The van der Waals surface area contributed by atoms with Crippen molar-refractivity contribution < 1.29 is 13.6 Å². The highest BCUT2D eigenvalue weighted by Crippen LogP contribution is 2.54. The Balaban J connectivity index is 1.31. The smallest absolute Gasteiger partial charge is 0.257 e. The first-order valence-electron chi connectivity index (χ1n) is 11.3. The second kappa shape index (κ2) is 8.43. The van der Waals surface area contributed by atoms with Crippen LogP contribution in [0.15, 0.2) is 36.5 Å². The molecule has 1 aromatic carbocycles. The van der Waals surface area contributed by atoms with E-state index in [-0.39, 0.29) is 31.8 Å². The molecule has 1 aliphatic carbocycles. The van der Waals surface area contributed by atoms with Crippen molar-refractivity contribution in [2.24, 2.45) is 5.41 Å². The van der Waals surface area contributed by atoms with Gasteiger partial charge in [0.1, 0.15) is 5.82 Å². The molecule has 5 nitrogen and oxygen atoms in total. The number of piperidine rings is 2. The standard InChI is InChI=1S/C24H27F2IN4O/c25-24(26)8-13-31(14-9-24)21-16-18(3-10-28-21)29-22(32)19-2-1-17(27)15-20(19)30-11-6-23(4-5-23)7-12-30/h1-3,10,15-16H,4-9,11-14H2,(H,28,29,32). The number of pyridine rings is 1. The summed E-state index contributed by atoms with van der Waals surface area (Å²) in [6.45, 7) is 2.49. The zero-order valence-corrected chi connectivity index (χ0v) is 20.1. The number of hydrogen-bond donors (Lipinski definition) is 1. The Morgan fingerprint density at radius 1 is 0.938 bits per heavy atom. The first-order valence-corrected chi connectivity index (χ1v) is 12.4. The minimum atomic E-state index is -2.60. The van der Waals surface area contributed by atoms with Gasteiger partial charge in [0.15, 0.2) is 0 Å². The SMILES string of the molecule is O=C(Nc1ccnc(N2CCC(F)(F)CC2)c1)c1ccc(I)cc1N1CCC2(CC1)CC2. The van der Waals surface area contributed by atoms with Gasteiger partial charge in [-0.15, -0.1) is 0 Å². The second-order valence-electron chi connectivity index (χ2n) is 9.35. The first-order chi connectivity index (χ1) is 15.3. The van der Waals surface area contributed by atoms with Crippen molar-refractivity contribution in [1.29, 1.82) is 0 Å². The number of hydrogen-bond acceptors (Lipinski definition) is 4. The Labute approximate surface area is 200 Å². The summed E-state index contributed by atoms with van der Waals surface area (Å²) in [4.78, 5) is 21.8. The highest BCUT2D eigenvalue weighted by Gasteiger charge is 2.44. The molecule has 32 heavy (non-hydrogen) atoms. The second-order valence-corrected chi connectivity index (χ2v) is 10.6. The van der Waals surface area contributed by atoms with Gasteiger partial charge < -0.3 is 15.1 Å². The topological polar surface area (TPSA) is 48.5 Å². The number of nitrogens with one attached hydrogen (secondary N) is 1. The molecule has 1 aromatic heterocycles. The van der Waals surface area contributed by atoms with Gasteiger partial charge in [-0.1, -0.05) is 0 Å². The fourth-order valence-electron chi connectivity index (χ4n) is 4.79. The van der Waals surface area contributed by atoms with Crippen molar-refractivity contribution in [3.05, 3.63) is 45.7 Å². The van der Waals surface area contributed by atoms with E-state index in [4.69, 9.17) is 0 Å². The van der Waals surface area contributed by atoms with Gasteiger partial charge in [-0.05, 0) is 78.0 Å². The van der Waals surface area contributed by atoms with Crippen molar-refractivity contribution in [2.75, 3.05) is 41.3 Å². The highest BCUT2D eigenvalue weighted by atomic mass is 127. The van der Waals surface area contributed by atoms with Gasteiger partial charge in [0, 0.05) is 60.5 Å². The van der Waals surface area contributed by atoms with E-state index in [9.17, 15) is 13.6 Å². The Hall–Kier alpha value is -1.97. The molecule has 0 unspecified atom stereocenters. The summed E-state index contributed by atoms with van der Waals surface area (Å²) in [5.74, 6) is -2.14. The Morgan fingerprint density at radius 3 is 2.31 bits per heavy atom. The molecular weight excluding hydrogens is 525 g/mol. The van der Waals surface area contributed by atoms with Crippen molar-refractivity contribution in [3.8, 4) is 0 Å². The van der Waals surface area contributed by atoms with Gasteiger partial charge in [0.2, 0.25) is 0 Å². The third kappa shape index (κ3) is 4.70. The Kier molecular flexibility index (Phi) is 5.75. The molecular formula is C24H27F2IN4O. The van der Waals surface area contributed by atoms with E-state index in [1.165, 1.54) is 25.7 Å². The lowest BCUT2D eigenvalue weighted by Crippen LogP contribution is -2.39. The fourth-order valence-corrected chi connectivity index (χ4v) is 5.26. The lowest BCUT2D eigenvalue weighted by atomic mass is 9.93. The number of anilines is 3. The molecule has 2 aromatic rings. The minimum Gasteiger partial charge on any atom is -0.371 e. The Bertz CT molecular complexity index is 1010. The van der Waals surface area contributed by atoms with Gasteiger partial charge in [-0.3, -0.25) is 4.79 Å². The summed E-state index contributed by atoms with van der Waals surface area (Å²) in [5.41, 5.74) is 2.84. The predicted molar refractivity (Wildman–Crippen MR) is 131 cm³/mol. The van der Waals surface area contributed by atoms with Gasteiger partial charge in [-0.2, -0.15) is 0 Å². The zero-order valence-electron chi connectivity index (χ0n) is 17.9. The van der Waals surface area contributed by atoms with Crippen LogP contribution in [0, 0.1) is 8.99 Å². The van der Waals surface area contributed by atoms with E-state index < -0.39 is 5.92 Å². The first kappa shape index (κ1) is 21.9. The monoisotopic (exact) mass is 552 g/mol. The van der Waals surface area contributed by atoms with Crippen molar-refractivity contribution in [3.63, 3.8) is 0 Å². The van der Waals surface area contributed by atoms with Crippen molar-refractivity contribution >= 4 is 45.7 Å². The lowest BCUT2D eigenvalue weighted by molar-refractivity contribution is -0.0221. The summed E-state index contributed by atoms with van der Waals surface area (Å²) in [7, 11) is 0. The van der Waals surface area contributed by atoms with Crippen LogP contribution in [0.25, 0.3) is 0 Å². The molecule has 1 amide bonds. The van der Waals surface area contributed by atoms with Gasteiger partial charge in [0.05, 0.1) is 11.3 Å². The summed E-state index contributed by atoms with van der Waals surface area (Å²) in [6.07, 6.45) is 6.36. The molecule has 2 saturated heterocycles. The fraction of sp³-hybridized carbons (Fsp3) is 0.500. The van der Waals surface area contributed by atoms with E-state index in [0.29, 0.717) is 22.5 Å². The molecule has 8 heteroatoms. The largest absolute Gasteiger partial charge is 0.371 e. The van der Waals surface area contributed by atoms with Crippen LogP contribution in [0.4, 0.5) is 26.0 Å². The van der Waals surface area contributed by atoms with Gasteiger partial charge >= 0.3 is 0 Å². The average Bonchev–Trinajstić information content (AvgIpc) is 3.53. The van der Waals surface area contributed by atoms with E-state index >= 15 is 0 Å². The lowest BCUT2D eigenvalue weighted by Gasteiger charge is -2.35. The maximum absolute atomic E-state index is 13.5. The van der Waals surface area contributed by atoms with E-state index in [0.717, 1.165) is 22.3 Å². The molecule has 3 aliphatic rings. The van der Waals surface area contributed by atoms with Crippen LogP contribution >= 0.6 is 22.6 Å². The van der Waals surface area contributed by atoms with Gasteiger partial charge in [0.25, 0.3) is 11.8 Å². The number of amides is 1. The van der Waals surface area contributed by atoms with Crippen LogP contribution in [-0.4, -0.2) is 43.0 Å².